The summed E-state index contributed by atoms with van der Waals surface area (Å²) in [7, 11) is 0. The number of primary amides is 1. The summed E-state index contributed by atoms with van der Waals surface area (Å²) in [5.74, 6) is -0.731. The zero-order chi connectivity index (χ0) is 14.4. The number of anilines is 1. The van der Waals surface area contributed by atoms with Crippen molar-refractivity contribution in [3.63, 3.8) is 0 Å². The Morgan fingerprint density at radius 3 is 2.68 bits per heavy atom. The van der Waals surface area contributed by atoms with E-state index in [1.54, 1.807) is 0 Å². The molecule has 1 atom stereocenters. The van der Waals surface area contributed by atoms with Crippen molar-refractivity contribution in [2.45, 2.75) is 26.3 Å². The van der Waals surface area contributed by atoms with Gasteiger partial charge in [0.25, 0.3) is 0 Å². The fourth-order valence-electron chi connectivity index (χ4n) is 1.67. The van der Waals surface area contributed by atoms with E-state index in [-0.39, 0.29) is 11.9 Å². The lowest BCUT2D eigenvalue weighted by atomic mass is 10.1. The van der Waals surface area contributed by atoms with Crippen LogP contribution >= 0.6 is 11.6 Å². The molecule has 104 valence electrons. The van der Waals surface area contributed by atoms with Crippen LogP contribution in [0.5, 0.6) is 0 Å². The van der Waals surface area contributed by atoms with Gasteiger partial charge in [-0.25, -0.2) is 0 Å². The lowest BCUT2D eigenvalue weighted by Gasteiger charge is -2.13. The third-order valence-electron chi connectivity index (χ3n) is 2.57. The summed E-state index contributed by atoms with van der Waals surface area (Å²) in [4.78, 5) is 22.9. The zero-order valence-electron chi connectivity index (χ0n) is 11.0. The van der Waals surface area contributed by atoms with E-state index in [1.165, 1.54) is 18.2 Å². The van der Waals surface area contributed by atoms with E-state index in [0.717, 1.165) is 6.54 Å². The van der Waals surface area contributed by atoms with E-state index < -0.39 is 5.91 Å². The molecule has 0 aliphatic carbocycles. The van der Waals surface area contributed by atoms with Crippen LogP contribution in [-0.4, -0.2) is 24.4 Å². The number of rotatable bonds is 6. The van der Waals surface area contributed by atoms with Crippen LogP contribution in [-0.2, 0) is 4.79 Å². The Kier molecular flexibility index (Phi) is 5.79. The first-order chi connectivity index (χ1) is 8.93. The molecule has 1 rings (SSSR count). The molecule has 0 saturated heterocycles. The summed E-state index contributed by atoms with van der Waals surface area (Å²) in [5, 5.41) is 6.18. The first kappa shape index (κ1) is 15.5. The average molecular weight is 284 g/mol. The van der Waals surface area contributed by atoms with Gasteiger partial charge in [-0.15, -0.1) is 0 Å². The van der Waals surface area contributed by atoms with Gasteiger partial charge in [-0.3, -0.25) is 9.59 Å². The van der Waals surface area contributed by atoms with Crippen molar-refractivity contribution in [1.29, 1.82) is 0 Å². The van der Waals surface area contributed by atoms with Crippen LogP contribution in [0.15, 0.2) is 18.2 Å². The summed E-state index contributed by atoms with van der Waals surface area (Å²) < 4.78 is 0. The Bertz CT molecular complexity index is 477. The van der Waals surface area contributed by atoms with Crippen molar-refractivity contribution in [3.8, 4) is 0 Å². The maximum atomic E-state index is 11.8. The SMILES string of the molecule is CCNC(C)CC(=O)Nc1cc(C(N)=O)ccc1Cl. The van der Waals surface area contributed by atoms with Gasteiger partial charge in [-0.2, -0.15) is 0 Å². The molecule has 1 aromatic carbocycles. The second-order valence-corrected chi connectivity index (χ2v) is 4.68. The predicted octanol–water partition coefficient (Wildman–Crippen LogP) is 1.77. The molecule has 1 unspecified atom stereocenters. The molecule has 0 aromatic heterocycles. The lowest BCUT2D eigenvalue weighted by Crippen LogP contribution is -2.30. The van der Waals surface area contributed by atoms with Gasteiger partial charge in [0.1, 0.15) is 0 Å². The number of carbonyl (C=O) groups is 2. The van der Waals surface area contributed by atoms with Gasteiger partial charge in [0.05, 0.1) is 10.7 Å². The van der Waals surface area contributed by atoms with Gasteiger partial charge >= 0.3 is 0 Å². The van der Waals surface area contributed by atoms with Crippen LogP contribution in [0.3, 0.4) is 0 Å². The minimum absolute atomic E-state index is 0.0723. The number of nitrogens with one attached hydrogen (secondary N) is 2. The molecule has 5 nitrogen and oxygen atoms in total. The number of carbonyl (C=O) groups excluding carboxylic acids is 2. The molecular weight excluding hydrogens is 266 g/mol. The molecule has 0 radical (unpaired) electrons. The first-order valence-electron chi connectivity index (χ1n) is 6.06. The molecule has 0 bridgehead atoms. The summed E-state index contributed by atoms with van der Waals surface area (Å²) in [5.41, 5.74) is 5.88. The normalized spacial score (nSPS) is 11.9. The molecule has 2 amide bonds. The molecular formula is C13H18ClN3O2. The summed E-state index contributed by atoms with van der Waals surface area (Å²) >= 11 is 5.96. The van der Waals surface area contributed by atoms with Crippen molar-refractivity contribution in [2.24, 2.45) is 5.73 Å². The average Bonchev–Trinajstić information content (AvgIpc) is 2.31. The number of hydrogen-bond donors (Lipinski definition) is 3. The Morgan fingerprint density at radius 1 is 1.42 bits per heavy atom. The number of hydrogen-bond acceptors (Lipinski definition) is 3. The van der Waals surface area contributed by atoms with Crippen molar-refractivity contribution in [1.82, 2.24) is 5.32 Å². The van der Waals surface area contributed by atoms with Crippen molar-refractivity contribution in [2.75, 3.05) is 11.9 Å². The number of benzene rings is 1. The number of amides is 2. The molecule has 0 heterocycles. The van der Waals surface area contributed by atoms with Crippen LogP contribution in [0.2, 0.25) is 5.02 Å². The van der Waals surface area contributed by atoms with Crippen LogP contribution in [0.1, 0.15) is 30.6 Å². The molecule has 19 heavy (non-hydrogen) atoms. The molecule has 6 heteroatoms. The first-order valence-corrected chi connectivity index (χ1v) is 6.44. The molecule has 0 fully saturated rings. The minimum atomic E-state index is -0.562. The largest absolute Gasteiger partial charge is 0.366 e. The molecule has 0 spiro atoms. The fourth-order valence-corrected chi connectivity index (χ4v) is 1.84. The van der Waals surface area contributed by atoms with Gasteiger partial charge in [0, 0.05) is 18.0 Å². The van der Waals surface area contributed by atoms with Gasteiger partial charge in [-0.1, -0.05) is 18.5 Å². The van der Waals surface area contributed by atoms with Crippen LogP contribution in [0.4, 0.5) is 5.69 Å². The predicted molar refractivity (Wildman–Crippen MR) is 76.4 cm³/mol. The quantitative estimate of drug-likeness (QED) is 0.744. The van der Waals surface area contributed by atoms with Gasteiger partial charge in [-0.05, 0) is 31.7 Å². The Balaban J connectivity index is 2.73. The highest BCUT2D eigenvalue weighted by atomic mass is 35.5. The van der Waals surface area contributed by atoms with Crippen LogP contribution < -0.4 is 16.4 Å². The summed E-state index contributed by atoms with van der Waals surface area (Å²) in [6.07, 6.45) is 0.324. The van der Waals surface area contributed by atoms with E-state index in [2.05, 4.69) is 10.6 Å². The molecule has 0 aliphatic rings. The van der Waals surface area contributed by atoms with Crippen molar-refractivity contribution < 1.29 is 9.59 Å². The summed E-state index contributed by atoms with van der Waals surface area (Å²) in [6.45, 7) is 4.69. The zero-order valence-corrected chi connectivity index (χ0v) is 11.8. The van der Waals surface area contributed by atoms with Crippen LogP contribution in [0.25, 0.3) is 0 Å². The topological polar surface area (TPSA) is 84.2 Å². The monoisotopic (exact) mass is 283 g/mol. The molecule has 0 aliphatic heterocycles. The Labute approximate surface area is 117 Å². The standard InChI is InChI=1S/C13H18ClN3O2/c1-3-16-8(2)6-12(18)17-11-7-9(13(15)19)4-5-10(11)14/h4-5,7-8,16H,3,6H2,1-2H3,(H2,15,19)(H,17,18). The van der Waals surface area contributed by atoms with E-state index in [4.69, 9.17) is 17.3 Å². The van der Waals surface area contributed by atoms with Gasteiger partial charge in [0.15, 0.2) is 0 Å². The third-order valence-corrected chi connectivity index (χ3v) is 2.90. The maximum Gasteiger partial charge on any atom is 0.248 e. The van der Waals surface area contributed by atoms with E-state index in [1.807, 2.05) is 13.8 Å². The molecule has 1 aromatic rings. The second kappa shape index (κ2) is 7.11. The van der Waals surface area contributed by atoms with Crippen LogP contribution in [0, 0.1) is 0 Å². The molecule has 0 saturated carbocycles. The number of nitrogens with two attached hydrogens (primary N) is 1. The number of halogens is 1. The highest BCUT2D eigenvalue weighted by molar-refractivity contribution is 6.33. The smallest absolute Gasteiger partial charge is 0.248 e. The highest BCUT2D eigenvalue weighted by Gasteiger charge is 2.11. The minimum Gasteiger partial charge on any atom is -0.366 e. The molecule has 4 N–H and O–H groups in total. The van der Waals surface area contributed by atoms with Gasteiger partial charge < -0.3 is 16.4 Å². The fraction of sp³-hybridized carbons (Fsp3) is 0.385. The van der Waals surface area contributed by atoms with E-state index >= 15 is 0 Å². The van der Waals surface area contributed by atoms with Crippen molar-refractivity contribution >= 4 is 29.1 Å². The maximum absolute atomic E-state index is 11.8. The van der Waals surface area contributed by atoms with Gasteiger partial charge in [0.2, 0.25) is 11.8 Å². The van der Waals surface area contributed by atoms with E-state index in [0.29, 0.717) is 22.7 Å². The summed E-state index contributed by atoms with van der Waals surface area (Å²) in [6, 6.07) is 4.59. The lowest BCUT2D eigenvalue weighted by molar-refractivity contribution is -0.116. The Hall–Kier alpha value is -1.59. The van der Waals surface area contributed by atoms with E-state index in [9.17, 15) is 9.59 Å². The Morgan fingerprint density at radius 2 is 2.11 bits per heavy atom. The third kappa shape index (κ3) is 4.89. The van der Waals surface area contributed by atoms with Crippen molar-refractivity contribution in [3.05, 3.63) is 28.8 Å². The highest BCUT2D eigenvalue weighted by Crippen LogP contribution is 2.23. The second-order valence-electron chi connectivity index (χ2n) is 4.27.